The van der Waals surface area contributed by atoms with Crippen molar-refractivity contribution < 1.29 is 23.5 Å². The summed E-state index contributed by atoms with van der Waals surface area (Å²) in [5, 5.41) is 0.732. The minimum absolute atomic E-state index is 0.0674. The average Bonchev–Trinajstić information content (AvgIpc) is 3.11. The molecular formula is C22H27NO6. The van der Waals surface area contributed by atoms with Gasteiger partial charge < -0.3 is 13.9 Å². The first-order valence-electron chi connectivity index (χ1n) is 9.76. The molecule has 0 unspecified atom stereocenters. The minimum Gasteiger partial charge on any atom is -0.459 e. The summed E-state index contributed by atoms with van der Waals surface area (Å²) in [5.41, 5.74) is 1.83. The highest BCUT2D eigenvalue weighted by Gasteiger charge is 2.37. The lowest BCUT2D eigenvalue weighted by molar-refractivity contribution is -0.150. The molecule has 1 aromatic heterocycles. The van der Waals surface area contributed by atoms with Gasteiger partial charge in [0, 0.05) is 23.6 Å². The Kier molecular flexibility index (Phi) is 5.68. The van der Waals surface area contributed by atoms with Crippen LogP contribution in [0.2, 0.25) is 0 Å². The fraction of sp³-hybridized carbons (Fsp3) is 0.500. The van der Waals surface area contributed by atoms with Crippen LogP contribution in [0.1, 0.15) is 50.3 Å². The fourth-order valence-corrected chi connectivity index (χ4v) is 3.44. The summed E-state index contributed by atoms with van der Waals surface area (Å²) in [4.78, 5) is 38.4. The average molecular weight is 401 g/mol. The van der Waals surface area contributed by atoms with Crippen LogP contribution in [-0.4, -0.2) is 35.2 Å². The smallest absolute Gasteiger partial charge is 0.411 e. The quantitative estimate of drug-likeness (QED) is 0.574. The second-order valence-electron chi connectivity index (χ2n) is 8.41. The van der Waals surface area contributed by atoms with Crippen molar-refractivity contribution in [2.75, 3.05) is 6.54 Å². The number of fused-ring (bicyclic) bond motifs is 1. The van der Waals surface area contributed by atoms with Gasteiger partial charge in [0.15, 0.2) is 0 Å². The van der Waals surface area contributed by atoms with Crippen molar-refractivity contribution in [1.29, 1.82) is 0 Å². The van der Waals surface area contributed by atoms with Gasteiger partial charge in [0.2, 0.25) is 0 Å². The van der Waals surface area contributed by atoms with Gasteiger partial charge in [-0.1, -0.05) is 12.1 Å². The van der Waals surface area contributed by atoms with E-state index in [-0.39, 0.29) is 6.61 Å². The van der Waals surface area contributed by atoms with Gasteiger partial charge in [0.05, 0.1) is 0 Å². The summed E-state index contributed by atoms with van der Waals surface area (Å²) in [6.45, 7) is 9.55. The minimum atomic E-state index is -0.680. The zero-order valence-corrected chi connectivity index (χ0v) is 17.5. The summed E-state index contributed by atoms with van der Waals surface area (Å²) in [5.74, 6) is -0.501. The Morgan fingerprint density at radius 2 is 1.97 bits per heavy atom. The Morgan fingerprint density at radius 1 is 1.24 bits per heavy atom. The normalized spacial score (nSPS) is 16.9. The standard InChI is InChI=1S/C22H27NO6/c1-13-8-9-16-15(11-18(24)28-19(16)14(13)2)12-27-20(25)17-7-6-10-23(17)21(26)29-22(3,4)5/h8-9,11,17H,6-7,10,12H2,1-5H3/t17-/m0/s1. The number of rotatable bonds is 3. The van der Waals surface area contributed by atoms with Crippen molar-refractivity contribution in [3.63, 3.8) is 0 Å². The lowest BCUT2D eigenvalue weighted by atomic mass is 10.0. The molecule has 1 saturated heterocycles. The lowest BCUT2D eigenvalue weighted by Crippen LogP contribution is -2.44. The van der Waals surface area contributed by atoms with Crippen LogP contribution >= 0.6 is 0 Å². The van der Waals surface area contributed by atoms with Crippen molar-refractivity contribution in [3.8, 4) is 0 Å². The van der Waals surface area contributed by atoms with E-state index in [4.69, 9.17) is 13.9 Å². The number of nitrogens with zero attached hydrogens (tertiary/aromatic N) is 1. The summed E-state index contributed by atoms with van der Waals surface area (Å²) in [6, 6.07) is 4.45. The molecule has 0 N–H and O–H groups in total. The van der Waals surface area contributed by atoms with Gasteiger partial charge in [-0.15, -0.1) is 0 Å². The topological polar surface area (TPSA) is 86.0 Å². The van der Waals surface area contributed by atoms with Gasteiger partial charge >= 0.3 is 17.7 Å². The summed E-state index contributed by atoms with van der Waals surface area (Å²) in [7, 11) is 0. The van der Waals surface area contributed by atoms with Crippen molar-refractivity contribution in [3.05, 3.63) is 45.3 Å². The number of likely N-dealkylation sites (tertiary alicyclic amines) is 1. The molecule has 7 nitrogen and oxygen atoms in total. The molecule has 1 aromatic carbocycles. The Bertz CT molecular complexity index is 1000. The number of benzene rings is 1. The van der Waals surface area contributed by atoms with Crippen LogP contribution in [0.3, 0.4) is 0 Å². The van der Waals surface area contributed by atoms with Crippen LogP contribution in [0.15, 0.2) is 27.4 Å². The molecule has 3 rings (SSSR count). The maximum absolute atomic E-state index is 12.7. The van der Waals surface area contributed by atoms with E-state index in [0.717, 1.165) is 16.5 Å². The highest BCUT2D eigenvalue weighted by molar-refractivity contribution is 5.85. The van der Waals surface area contributed by atoms with E-state index >= 15 is 0 Å². The number of carbonyl (C=O) groups is 2. The molecule has 1 fully saturated rings. The second-order valence-corrected chi connectivity index (χ2v) is 8.41. The van der Waals surface area contributed by atoms with Crippen LogP contribution in [0.4, 0.5) is 4.79 Å². The largest absolute Gasteiger partial charge is 0.459 e. The van der Waals surface area contributed by atoms with E-state index in [1.165, 1.54) is 11.0 Å². The monoisotopic (exact) mass is 401 g/mol. The number of hydrogen-bond donors (Lipinski definition) is 0. The molecule has 1 atom stereocenters. The highest BCUT2D eigenvalue weighted by Crippen LogP contribution is 2.25. The van der Waals surface area contributed by atoms with Crippen LogP contribution in [0, 0.1) is 13.8 Å². The molecule has 156 valence electrons. The number of amides is 1. The number of esters is 1. The van der Waals surface area contributed by atoms with Gasteiger partial charge in [-0.05, 0) is 58.6 Å². The van der Waals surface area contributed by atoms with E-state index in [2.05, 4.69) is 0 Å². The molecule has 7 heteroatoms. The molecule has 2 heterocycles. The maximum Gasteiger partial charge on any atom is 0.411 e. The van der Waals surface area contributed by atoms with Crippen LogP contribution < -0.4 is 5.63 Å². The molecule has 1 amide bonds. The van der Waals surface area contributed by atoms with Crippen molar-refractivity contribution in [2.24, 2.45) is 0 Å². The number of aryl methyl sites for hydroxylation is 2. The number of hydrogen-bond acceptors (Lipinski definition) is 6. The van der Waals surface area contributed by atoms with Crippen molar-refractivity contribution >= 4 is 23.0 Å². The molecule has 1 aliphatic rings. The lowest BCUT2D eigenvalue weighted by Gasteiger charge is -2.27. The summed E-state index contributed by atoms with van der Waals surface area (Å²) < 4.78 is 16.2. The molecule has 0 radical (unpaired) electrons. The van der Waals surface area contributed by atoms with Crippen LogP contribution in [-0.2, 0) is 20.9 Å². The van der Waals surface area contributed by atoms with E-state index in [9.17, 15) is 14.4 Å². The van der Waals surface area contributed by atoms with Crippen molar-refractivity contribution in [1.82, 2.24) is 4.90 Å². The Morgan fingerprint density at radius 3 is 2.66 bits per heavy atom. The Balaban J connectivity index is 1.76. The molecular weight excluding hydrogens is 374 g/mol. The van der Waals surface area contributed by atoms with E-state index in [1.54, 1.807) is 20.8 Å². The van der Waals surface area contributed by atoms with Gasteiger partial charge in [-0.25, -0.2) is 14.4 Å². The molecule has 29 heavy (non-hydrogen) atoms. The highest BCUT2D eigenvalue weighted by atomic mass is 16.6. The SMILES string of the molecule is Cc1ccc2c(COC(=O)[C@@H]3CCCN3C(=O)OC(C)(C)C)cc(=O)oc2c1C. The fourth-order valence-electron chi connectivity index (χ4n) is 3.44. The predicted molar refractivity (Wildman–Crippen MR) is 108 cm³/mol. The third-order valence-electron chi connectivity index (χ3n) is 5.04. The number of carbonyl (C=O) groups excluding carboxylic acids is 2. The molecule has 2 aromatic rings. The first-order valence-corrected chi connectivity index (χ1v) is 9.76. The third kappa shape index (κ3) is 4.60. The predicted octanol–water partition coefficient (Wildman–Crippen LogP) is 3.85. The molecule has 0 bridgehead atoms. The zero-order valence-electron chi connectivity index (χ0n) is 17.5. The van der Waals surface area contributed by atoms with Gasteiger partial charge in [-0.3, -0.25) is 4.90 Å². The molecule has 0 aliphatic carbocycles. The van der Waals surface area contributed by atoms with Crippen molar-refractivity contribution in [2.45, 2.75) is 65.7 Å². The maximum atomic E-state index is 12.7. The Labute approximate surface area is 169 Å². The third-order valence-corrected chi connectivity index (χ3v) is 5.04. The second kappa shape index (κ2) is 7.89. The van der Waals surface area contributed by atoms with Gasteiger partial charge in [0.25, 0.3) is 0 Å². The zero-order chi connectivity index (χ0) is 21.3. The summed E-state index contributed by atoms with van der Waals surface area (Å²) in [6.07, 6.45) is 0.706. The first kappa shape index (κ1) is 20.9. The number of ether oxygens (including phenoxy) is 2. The van der Waals surface area contributed by atoms with E-state index < -0.39 is 29.3 Å². The van der Waals surface area contributed by atoms with E-state index in [1.807, 2.05) is 26.0 Å². The van der Waals surface area contributed by atoms with Crippen LogP contribution in [0.5, 0.6) is 0 Å². The van der Waals surface area contributed by atoms with Gasteiger partial charge in [0.1, 0.15) is 23.8 Å². The van der Waals surface area contributed by atoms with E-state index in [0.29, 0.717) is 30.5 Å². The summed E-state index contributed by atoms with van der Waals surface area (Å²) >= 11 is 0. The molecule has 0 saturated carbocycles. The molecule has 0 spiro atoms. The first-order chi connectivity index (χ1) is 13.6. The van der Waals surface area contributed by atoms with Gasteiger partial charge in [-0.2, -0.15) is 0 Å². The van der Waals surface area contributed by atoms with Crippen LogP contribution in [0.25, 0.3) is 11.0 Å². The Hall–Kier alpha value is -2.83. The molecule has 1 aliphatic heterocycles.